The van der Waals surface area contributed by atoms with Gasteiger partial charge in [0.25, 0.3) is 0 Å². The molecule has 6 heteroatoms. The molecular formula is C18H26N4O2. The molecular weight excluding hydrogens is 304 g/mol. The van der Waals surface area contributed by atoms with Gasteiger partial charge in [0.05, 0.1) is 16.6 Å². The monoisotopic (exact) mass is 330 g/mol. The maximum atomic E-state index is 11.1. The molecule has 2 aromatic rings. The molecule has 0 aliphatic rings. The lowest BCUT2D eigenvalue weighted by atomic mass is 9.85. The van der Waals surface area contributed by atoms with E-state index in [0.29, 0.717) is 30.1 Å². The van der Waals surface area contributed by atoms with Crippen LogP contribution in [0, 0.1) is 0 Å². The third-order valence-electron chi connectivity index (χ3n) is 4.60. The van der Waals surface area contributed by atoms with Gasteiger partial charge in [0.2, 0.25) is 0 Å². The SMILES string of the molecule is C=NO/C(C)=C(\CC)c1cc(C(O)(CC)CC)c2nc(N)[nH]c2c1. The molecule has 0 amide bonds. The van der Waals surface area contributed by atoms with Crippen LogP contribution in [0.25, 0.3) is 16.6 Å². The summed E-state index contributed by atoms with van der Waals surface area (Å²) in [6, 6.07) is 3.95. The molecule has 1 aromatic heterocycles. The molecule has 0 unspecified atom stereocenters. The number of nitrogens with one attached hydrogen (secondary N) is 1. The summed E-state index contributed by atoms with van der Waals surface area (Å²) in [7, 11) is 0. The fourth-order valence-corrected chi connectivity index (χ4v) is 3.10. The molecule has 0 saturated carbocycles. The largest absolute Gasteiger partial charge is 0.385 e. The van der Waals surface area contributed by atoms with Crippen molar-refractivity contribution in [2.45, 2.75) is 52.6 Å². The molecule has 0 atom stereocenters. The summed E-state index contributed by atoms with van der Waals surface area (Å²) >= 11 is 0. The number of benzene rings is 1. The van der Waals surface area contributed by atoms with Crippen LogP contribution in [0.3, 0.4) is 0 Å². The van der Waals surface area contributed by atoms with Crippen molar-refractivity contribution in [3.63, 3.8) is 0 Å². The van der Waals surface area contributed by atoms with Gasteiger partial charge in [-0.25, -0.2) is 4.98 Å². The first-order valence-corrected chi connectivity index (χ1v) is 8.25. The Morgan fingerprint density at radius 3 is 2.58 bits per heavy atom. The van der Waals surface area contributed by atoms with Crippen LogP contribution in [0.4, 0.5) is 5.95 Å². The second kappa shape index (κ2) is 7.05. The van der Waals surface area contributed by atoms with E-state index in [1.165, 1.54) is 0 Å². The molecule has 2 rings (SSSR count). The summed E-state index contributed by atoms with van der Waals surface area (Å²) < 4.78 is 0. The van der Waals surface area contributed by atoms with Crippen LogP contribution >= 0.6 is 0 Å². The fraction of sp³-hybridized carbons (Fsp3) is 0.444. The highest BCUT2D eigenvalue weighted by atomic mass is 16.6. The number of aliphatic hydroxyl groups is 1. The van der Waals surface area contributed by atoms with E-state index in [9.17, 15) is 5.11 Å². The van der Waals surface area contributed by atoms with Crippen molar-refractivity contribution in [3.8, 4) is 0 Å². The van der Waals surface area contributed by atoms with E-state index in [2.05, 4.69) is 21.8 Å². The summed E-state index contributed by atoms with van der Waals surface area (Å²) in [4.78, 5) is 12.7. The molecule has 24 heavy (non-hydrogen) atoms. The Morgan fingerprint density at radius 2 is 2.04 bits per heavy atom. The van der Waals surface area contributed by atoms with Crippen LogP contribution in [-0.4, -0.2) is 21.8 Å². The number of hydrogen-bond acceptors (Lipinski definition) is 5. The maximum absolute atomic E-state index is 11.1. The molecule has 4 N–H and O–H groups in total. The lowest BCUT2D eigenvalue weighted by molar-refractivity contribution is 0.0297. The van der Waals surface area contributed by atoms with Crippen molar-refractivity contribution in [2.75, 3.05) is 5.73 Å². The van der Waals surface area contributed by atoms with Crippen LogP contribution in [0.15, 0.2) is 23.0 Å². The number of fused-ring (bicyclic) bond motifs is 1. The Morgan fingerprint density at radius 1 is 1.38 bits per heavy atom. The quantitative estimate of drug-likeness (QED) is 0.407. The molecule has 0 aliphatic carbocycles. The van der Waals surface area contributed by atoms with E-state index < -0.39 is 5.60 Å². The average molecular weight is 330 g/mol. The number of allylic oxidation sites excluding steroid dienone is 2. The van der Waals surface area contributed by atoms with Crippen molar-refractivity contribution in [1.82, 2.24) is 9.97 Å². The number of H-pyrrole nitrogens is 1. The first kappa shape index (κ1) is 18.0. The Labute approximate surface area is 142 Å². The minimum atomic E-state index is -0.958. The Hall–Kier alpha value is -2.34. The highest BCUT2D eigenvalue weighted by Crippen LogP contribution is 2.37. The summed E-state index contributed by atoms with van der Waals surface area (Å²) in [5, 5.41) is 14.6. The van der Waals surface area contributed by atoms with Gasteiger partial charge >= 0.3 is 0 Å². The summed E-state index contributed by atoms with van der Waals surface area (Å²) in [5.74, 6) is 1.02. The van der Waals surface area contributed by atoms with E-state index in [1.807, 2.05) is 39.8 Å². The zero-order valence-electron chi connectivity index (χ0n) is 14.8. The Kier molecular flexibility index (Phi) is 5.29. The summed E-state index contributed by atoms with van der Waals surface area (Å²) in [6.07, 6.45) is 1.93. The second-order valence-electron chi connectivity index (χ2n) is 5.89. The number of anilines is 1. The number of aromatic nitrogens is 2. The van der Waals surface area contributed by atoms with Crippen molar-refractivity contribution in [1.29, 1.82) is 0 Å². The van der Waals surface area contributed by atoms with Gasteiger partial charge in [-0.3, -0.25) is 0 Å². The first-order valence-electron chi connectivity index (χ1n) is 8.25. The normalized spacial score (nSPS) is 13.0. The van der Waals surface area contributed by atoms with Gasteiger partial charge in [-0.2, -0.15) is 0 Å². The maximum Gasteiger partial charge on any atom is 0.198 e. The van der Waals surface area contributed by atoms with Crippen LogP contribution in [-0.2, 0) is 10.4 Å². The van der Waals surface area contributed by atoms with Crippen LogP contribution in [0.5, 0.6) is 0 Å². The average Bonchev–Trinajstić information content (AvgIpc) is 2.94. The van der Waals surface area contributed by atoms with Gasteiger partial charge in [-0.1, -0.05) is 25.9 Å². The van der Waals surface area contributed by atoms with Crippen LogP contribution < -0.4 is 5.73 Å². The fourth-order valence-electron chi connectivity index (χ4n) is 3.10. The standard InChI is InChI=1S/C18H26N4O2/c1-6-13(11(4)24-20-5)12-9-14(18(23,7-2)8-3)16-15(10-12)21-17(19)22-16/h9-10,23H,5-8H2,1-4H3,(H3,19,21,22)/b13-11+. The van der Waals surface area contributed by atoms with Crippen molar-refractivity contribution in [2.24, 2.45) is 5.16 Å². The Balaban J connectivity index is 2.78. The van der Waals surface area contributed by atoms with Gasteiger partial charge < -0.3 is 20.7 Å². The number of nitrogen functional groups attached to an aromatic ring is 1. The number of aromatic amines is 1. The minimum absolute atomic E-state index is 0.334. The highest BCUT2D eigenvalue weighted by Gasteiger charge is 2.29. The number of nitrogens with two attached hydrogens (primary N) is 1. The molecule has 0 saturated heterocycles. The number of oxime groups is 1. The molecule has 0 fully saturated rings. The van der Waals surface area contributed by atoms with E-state index >= 15 is 0 Å². The van der Waals surface area contributed by atoms with Crippen molar-refractivity contribution in [3.05, 3.63) is 29.0 Å². The Bertz CT molecular complexity index is 773. The highest BCUT2D eigenvalue weighted by molar-refractivity contribution is 5.86. The molecule has 6 nitrogen and oxygen atoms in total. The van der Waals surface area contributed by atoms with E-state index in [0.717, 1.165) is 28.6 Å². The van der Waals surface area contributed by atoms with Crippen LogP contribution in [0.1, 0.15) is 58.1 Å². The number of imidazole rings is 1. The molecule has 0 spiro atoms. The van der Waals surface area contributed by atoms with Gasteiger partial charge in [-0.05, 0) is 49.5 Å². The third-order valence-corrected chi connectivity index (χ3v) is 4.60. The van der Waals surface area contributed by atoms with Crippen molar-refractivity contribution >= 4 is 29.3 Å². The van der Waals surface area contributed by atoms with Gasteiger partial charge in [0.1, 0.15) is 5.76 Å². The number of hydrogen-bond donors (Lipinski definition) is 3. The lowest BCUT2D eigenvalue weighted by Gasteiger charge is -2.27. The van der Waals surface area contributed by atoms with Gasteiger partial charge in [0, 0.05) is 12.3 Å². The molecule has 1 heterocycles. The number of rotatable bonds is 7. The second-order valence-corrected chi connectivity index (χ2v) is 5.89. The minimum Gasteiger partial charge on any atom is -0.385 e. The van der Waals surface area contributed by atoms with Gasteiger partial charge in [-0.15, -0.1) is 0 Å². The molecule has 1 aromatic carbocycles. The van der Waals surface area contributed by atoms with Crippen LogP contribution in [0.2, 0.25) is 0 Å². The predicted molar refractivity (Wildman–Crippen MR) is 98.5 cm³/mol. The smallest absolute Gasteiger partial charge is 0.198 e. The lowest BCUT2D eigenvalue weighted by Crippen LogP contribution is -2.24. The van der Waals surface area contributed by atoms with E-state index in [-0.39, 0.29) is 0 Å². The van der Waals surface area contributed by atoms with Crippen molar-refractivity contribution < 1.29 is 9.94 Å². The predicted octanol–water partition coefficient (Wildman–Crippen LogP) is 3.93. The van der Waals surface area contributed by atoms with Gasteiger partial charge in [0.15, 0.2) is 5.95 Å². The first-order chi connectivity index (χ1) is 11.4. The molecule has 0 aliphatic heterocycles. The number of nitrogens with zero attached hydrogens (tertiary/aromatic N) is 2. The topological polar surface area (TPSA) is 96.5 Å². The third kappa shape index (κ3) is 3.14. The zero-order valence-corrected chi connectivity index (χ0v) is 14.8. The molecule has 0 bridgehead atoms. The zero-order chi connectivity index (χ0) is 17.9. The summed E-state index contributed by atoms with van der Waals surface area (Å²) in [5.41, 5.74) is 9.11. The molecule has 0 radical (unpaired) electrons. The molecule has 130 valence electrons. The van der Waals surface area contributed by atoms with E-state index in [4.69, 9.17) is 10.6 Å². The summed E-state index contributed by atoms with van der Waals surface area (Å²) in [6.45, 7) is 11.2. The van der Waals surface area contributed by atoms with E-state index in [1.54, 1.807) is 0 Å².